The Hall–Kier alpha value is -6.24. The molecule has 0 amide bonds. The summed E-state index contributed by atoms with van der Waals surface area (Å²) in [4.78, 5) is 0. The van der Waals surface area contributed by atoms with Crippen LogP contribution in [-0.4, -0.2) is 0 Å². The van der Waals surface area contributed by atoms with E-state index in [1.807, 2.05) is 0 Å². The lowest BCUT2D eigenvalue weighted by atomic mass is 9.69. The molecule has 0 nitrogen and oxygen atoms in total. The van der Waals surface area contributed by atoms with Crippen molar-refractivity contribution >= 4 is 0 Å². The molecule has 0 radical (unpaired) electrons. The lowest BCUT2D eigenvalue weighted by Gasteiger charge is -2.34. The van der Waals surface area contributed by atoms with Crippen LogP contribution in [0.2, 0.25) is 0 Å². The first-order valence-electron chi connectivity index (χ1n) is 30.4. The van der Waals surface area contributed by atoms with Gasteiger partial charge in [-0.1, -0.05) is 233 Å². The molecule has 0 heterocycles. The molecule has 0 unspecified atom stereocenters. The first-order valence-corrected chi connectivity index (χ1v) is 30.4. The van der Waals surface area contributed by atoms with Gasteiger partial charge in [0.1, 0.15) is 0 Å². The van der Waals surface area contributed by atoms with Gasteiger partial charge in [-0.25, -0.2) is 0 Å². The van der Waals surface area contributed by atoms with Gasteiger partial charge in [0.05, 0.1) is 0 Å². The average molecular weight is 1070 g/mol. The summed E-state index contributed by atoms with van der Waals surface area (Å²) in [5, 5.41) is 0. The molecule has 81 heavy (non-hydrogen) atoms. The van der Waals surface area contributed by atoms with E-state index in [9.17, 15) is 0 Å². The van der Waals surface area contributed by atoms with Gasteiger partial charge < -0.3 is 0 Å². The number of fused-ring (bicyclic) bond motifs is 16. The minimum absolute atomic E-state index is 0.0556. The molecule has 0 fully saturated rings. The van der Waals surface area contributed by atoms with Crippen LogP contribution in [0, 0.1) is 6.92 Å². The first-order chi connectivity index (χ1) is 37.1. The van der Waals surface area contributed by atoms with Crippen molar-refractivity contribution in [2.45, 2.75) is 216 Å². The Morgan fingerprint density at radius 2 is 0.346 bits per heavy atom. The summed E-state index contributed by atoms with van der Waals surface area (Å²) in [6, 6.07) is 52.8. The standard InChI is InChI=1S/C81H96/c1-47-36-53(79(17,18)19)42-66-62-38-49(75(5,6)7)28-33-58(62)59-34-29-51(77(11,12)13)40-64(59)68-44-55(81(23,24)25)46-70(73(68)71(47)66)69-45-54(80(20,21)22)43-67-63-39-50(76(8,9)10)27-32-57(63)56-31-26-48(74(2,3)4)37-61(56)65-41-52(78(14,15)16)30-35-60(65)72(67)69/h26-46H,1-25H3. The highest BCUT2D eigenvalue weighted by molar-refractivity contribution is 6.13. The van der Waals surface area contributed by atoms with E-state index < -0.39 is 0 Å². The van der Waals surface area contributed by atoms with E-state index in [0.717, 1.165) is 0 Å². The van der Waals surface area contributed by atoms with Gasteiger partial charge in [-0.2, -0.15) is 0 Å². The van der Waals surface area contributed by atoms with E-state index in [0.29, 0.717) is 0 Å². The van der Waals surface area contributed by atoms with Crippen LogP contribution in [0.25, 0.3) is 100 Å². The third-order valence-corrected chi connectivity index (χ3v) is 18.2. The van der Waals surface area contributed by atoms with Gasteiger partial charge in [0.2, 0.25) is 0 Å². The van der Waals surface area contributed by atoms with Gasteiger partial charge in [0.25, 0.3) is 0 Å². The molecule has 420 valence electrons. The Morgan fingerprint density at radius 1 is 0.160 bits per heavy atom. The van der Waals surface area contributed by atoms with Crippen molar-refractivity contribution in [3.05, 3.63) is 177 Å². The lowest BCUT2D eigenvalue weighted by molar-refractivity contribution is 0.588. The van der Waals surface area contributed by atoms with Crippen molar-refractivity contribution in [1.29, 1.82) is 0 Å². The second-order valence-electron chi connectivity index (χ2n) is 32.9. The molecule has 0 bridgehead atoms. The molecular weight excluding hydrogens is 973 g/mol. The SMILES string of the molecule is Cc1cc(C(C)(C)C)cc2c1-c1c(cc(C(C)(C)C)cc1-c1cc(C(C)(C)C)cc3c1-c1ccc(C(C)(C)C)cc1-c1cc(C(C)(C)C)ccc1-c1ccc(C(C)(C)C)cc1-3)-c1cc(C(C)(C)C)ccc1-c1ccc(C(C)(C)C)cc1-2. The van der Waals surface area contributed by atoms with Crippen LogP contribution in [0.1, 0.15) is 216 Å². The number of hydrogen-bond acceptors (Lipinski definition) is 0. The van der Waals surface area contributed by atoms with E-state index in [2.05, 4.69) is 300 Å². The summed E-state index contributed by atoms with van der Waals surface area (Å²) >= 11 is 0. The molecule has 0 aromatic heterocycles. The molecular formula is C81H96. The summed E-state index contributed by atoms with van der Waals surface area (Å²) in [5.41, 5.74) is 34.6. The highest BCUT2D eigenvalue weighted by Crippen LogP contribution is 2.59. The van der Waals surface area contributed by atoms with Crippen molar-refractivity contribution in [2.24, 2.45) is 0 Å². The van der Waals surface area contributed by atoms with Gasteiger partial charge >= 0.3 is 0 Å². The molecule has 0 N–H and O–H groups in total. The quantitative estimate of drug-likeness (QED) is 0.154. The third kappa shape index (κ3) is 10.4. The molecule has 8 aromatic carbocycles. The summed E-state index contributed by atoms with van der Waals surface area (Å²) < 4.78 is 0. The first kappa shape index (κ1) is 58.0. The Labute approximate surface area is 491 Å². The molecule has 2 aliphatic carbocycles. The van der Waals surface area contributed by atoms with E-state index in [1.165, 1.54) is 150 Å². The summed E-state index contributed by atoms with van der Waals surface area (Å²) in [6.07, 6.45) is 0. The number of aryl methyl sites for hydroxylation is 1. The number of rotatable bonds is 1. The normalized spacial score (nSPS) is 13.7. The zero-order valence-corrected chi connectivity index (χ0v) is 54.6. The van der Waals surface area contributed by atoms with E-state index in [4.69, 9.17) is 0 Å². The highest BCUT2D eigenvalue weighted by atomic mass is 14.4. The fraction of sp³-hybridized carbons (Fsp3) is 0.407. The Morgan fingerprint density at radius 3 is 0.630 bits per heavy atom. The maximum atomic E-state index is 2.64. The average Bonchev–Trinajstić information content (AvgIpc) is 2.11. The van der Waals surface area contributed by atoms with Gasteiger partial charge in [-0.05, 0) is 261 Å². The van der Waals surface area contributed by atoms with Gasteiger partial charge in [0.15, 0.2) is 0 Å². The smallest absolute Gasteiger partial charge is 0.00173 e. The van der Waals surface area contributed by atoms with Gasteiger partial charge in [-0.15, -0.1) is 0 Å². The Balaban J connectivity index is 1.52. The maximum Gasteiger partial charge on any atom is -0.00173 e. The lowest BCUT2D eigenvalue weighted by Crippen LogP contribution is -2.16. The van der Waals surface area contributed by atoms with Crippen LogP contribution in [0.4, 0.5) is 0 Å². The summed E-state index contributed by atoms with van der Waals surface area (Å²) in [5.74, 6) is 0. The predicted octanol–water partition coefficient (Wildman–Crippen LogP) is 24.0. The van der Waals surface area contributed by atoms with Crippen molar-refractivity contribution in [3.63, 3.8) is 0 Å². The summed E-state index contributed by atoms with van der Waals surface area (Å²) in [7, 11) is 0. The number of benzene rings is 8. The molecule has 10 rings (SSSR count). The van der Waals surface area contributed by atoms with Crippen LogP contribution in [0.15, 0.2) is 127 Å². The van der Waals surface area contributed by atoms with Crippen molar-refractivity contribution in [2.75, 3.05) is 0 Å². The van der Waals surface area contributed by atoms with Gasteiger partial charge in [0, 0.05) is 0 Å². The maximum absolute atomic E-state index is 2.64. The second kappa shape index (κ2) is 18.9. The minimum atomic E-state index is -0.187. The van der Waals surface area contributed by atoms with Crippen LogP contribution < -0.4 is 0 Å². The second-order valence-corrected chi connectivity index (χ2v) is 32.9. The zero-order chi connectivity index (χ0) is 59.4. The molecule has 0 saturated carbocycles. The fourth-order valence-corrected chi connectivity index (χ4v) is 12.6. The van der Waals surface area contributed by atoms with Crippen molar-refractivity contribution in [1.82, 2.24) is 0 Å². The molecule has 0 saturated heterocycles. The minimum Gasteiger partial charge on any atom is -0.0578 e. The fourth-order valence-electron chi connectivity index (χ4n) is 12.6. The molecule has 0 atom stereocenters. The highest BCUT2D eigenvalue weighted by Gasteiger charge is 2.36. The van der Waals surface area contributed by atoms with Crippen molar-refractivity contribution < 1.29 is 0 Å². The van der Waals surface area contributed by atoms with E-state index in [-0.39, 0.29) is 43.3 Å². The Kier molecular flexibility index (Phi) is 13.5. The topological polar surface area (TPSA) is 0 Å². The Bertz CT molecular complexity index is 3830. The van der Waals surface area contributed by atoms with Crippen molar-refractivity contribution in [3.8, 4) is 100 Å². The van der Waals surface area contributed by atoms with Crippen LogP contribution in [0.5, 0.6) is 0 Å². The molecule has 0 aliphatic heterocycles. The largest absolute Gasteiger partial charge is 0.0578 e. The monoisotopic (exact) mass is 1070 g/mol. The zero-order valence-electron chi connectivity index (χ0n) is 54.6. The third-order valence-electron chi connectivity index (χ3n) is 18.2. The number of hydrogen-bond donors (Lipinski definition) is 0. The van der Waals surface area contributed by atoms with Crippen LogP contribution in [0.3, 0.4) is 0 Å². The van der Waals surface area contributed by atoms with E-state index in [1.54, 1.807) is 0 Å². The molecule has 8 aromatic rings. The summed E-state index contributed by atoms with van der Waals surface area (Å²) in [6.45, 7) is 59.6. The van der Waals surface area contributed by atoms with Crippen LogP contribution in [-0.2, 0) is 43.3 Å². The van der Waals surface area contributed by atoms with Crippen LogP contribution >= 0.6 is 0 Å². The van der Waals surface area contributed by atoms with E-state index >= 15 is 0 Å². The predicted molar refractivity (Wildman–Crippen MR) is 357 cm³/mol. The molecule has 0 heteroatoms. The van der Waals surface area contributed by atoms with Gasteiger partial charge in [-0.3, -0.25) is 0 Å². The molecule has 0 spiro atoms. The molecule has 2 aliphatic rings.